The molecule has 35 heavy (non-hydrogen) atoms. The molecule has 0 aromatic carbocycles. The SMILES string of the molecule is CO/N=C(\C(=O)N[C@@H]1C(=O)N2C(C(=O)[O-])=C(C[n+]3csc4c3CCCC4)CS[C@@H]12)c1csc(N)n1. The number of β-lactam (4-membered cyclic amide) rings is 1. The molecule has 1 fully saturated rings. The number of carbonyl (C=O) groups is 3. The Hall–Kier alpha value is -2.97. The van der Waals surface area contributed by atoms with E-state index >= 15 is 0 Å². The first-order chi connectivity index (χ1) is 16.9. The predicted molar refractivity (Wildman–Crippen MR) is 128 cm³/mol. The second-order valence-electron chi connectivity index (χ2n) is 8.22. The van der Waals surface area contributed by atoms with Gasteiger partial charge < -0.3 is 25.8 Å². The predicted octanol–water partition coefficient (Wildman–Crippen LogP) is -0.592. The van der Waals surface area contributed by atoms with E-state index in [0.29, 0.717) is 17.9 Å². The van der Waals surface area contributed by atoms with E-state index < -0.39 is 29.2 Å². The molecular weight excluding hydrogens is 512 g/mol. The Balaban J connectivity index is 1.35. The number of hydrogen-bond donors (Lipinski definition) is 2. The lowest BCUT2D eigenvalue weighted by Crippen LogP contribution is -2.71. The number of carbonyl (C=O) groups excluding carboxylic acids is 3. The largest absolute Gasteiger partial charge is 0.543 e. The maximum absolute atomic E-state index is 13.0. The zero-order chi connectivity index (χ0) is 24.7. The third-order valence-electron chi connectivity index (χ3n) is 6.11. The highest BCUT2D eigenvalue weighted by molar-refractivity contribution is 8.00. The minimum Gasteiger partial charge on any atom is -0.543 e. The number of carboxylic acid groups (broad SMARTS) is 1. The maximum Gasteiger partial charge on any atom is 0.276 e. The Morgan fingerprint density at radius 3 is 2.89 bits per heavy atom. The topological polar surface area (TPSA) is 154 Å². The van der Waals surface area contributed by atoms with Crippen LogP contribution >= 0.6 is 34.4 Å². The number of carboxylic acids is 1. The number of rotatable bonds is 7. The number of thiazole rings is 2. The highest BCUT2D eigenvalue weighted by Gasteiger charge is 2.53. The highest BCUT2D eigenvalue weighted by atomic mass is 32.2. The smallest absolute Gasteiger partial charge is 0.276 e. The van der Waals surface area contributed by atoms with Crippen LogP contribution in [-0.2, 0) is 38.6 Å². The molecule has 1 aliphatic carbocycles. The van der Waals surface area contributed by atoms with Crippen LogP contribution in [0.2, 0.25) is 0 Å². The van der Waals surface area contributed by atoms with Gasteiger partial charge in [0.15, 0.2) is 23.1 Å². The second kappa shape index (κ2) is 9.59. The zero-order valence-electron chi connectivity index (χ0n) is 18.7. The number of aromatic nitrogens is 2. The average Bonchev–Trinajstić information content (AvgIpc) is 3.46. The quantitative estimate of drug-likeness (QED) is 0.207. The van der Waals surface area contributed by atoms with Gasteiger partial charge in [-0.1, -0.05) is 16.5 Å². The van der Waals surface area contributed by atoms with Gasteiger partial charge >= 0.3 is 0 Å². The molecule has 3 aliphatic rings. The molecule has 2 aliphatic heterocycles. The molecule has 4 heterocycles. The zero-order valence-corrected chi connectivity index (χ0v) is 21.1. The van der Waals surface area contributed by atoms with Gasteiger partial charge in [-0.2, -0.15) is 4.57 Å². The van der Waals surface area contributed by atoms with Gasteiger partial charge in [0.2, 0.25) is 5.51 Å². The molecular formula is C21H22N6O5S3. The van der Waals surface area contributed by atoms with Crippen LogP contribution in [0.25, 0.3) is 0 Å². The average molecular weight is 535 g/mol. The van der Waals surface area contributed by atoms with E-state index in [9.17, 15) is 19.5 Å². The van der Waals surface area contributed by atoms with Crippen molar-refractivity contribution in [2.24, 2.45) is 5.16 Å². The molecule has 0 unspecified atom stereocenters. The number of nitrogens with zero attached hydrogens (tertiary/aromatic N) is 4. The monoisotopic (exact) mass is 534 g/mol. The molecule has 2 atom stereocenters. The van der Waals surface area contributed by atoms with Gasteiger partial charge in [0.05, 0.1) is 16.5 Å². The lowest BCUT2D eigenvalue weighted by Gasteiger charge is -2.50. The Morgan fingerprint density at radius 2 is 2.17 bits per heavy atom. The number of nitrogen functional groups attached to an aromatic ring is 1. The fraction of sp³-hybridized carbons (Fsp3) is 0.429. The van der Waals surface area contributed by atoms with Crippen molar-refractivity contribution in [1.29, 1.82) is 0 Å². The van der Waals surface area contributed by atoms with Crippen LogP contribution in [0.3, 0.4) is 0 Å². The van der Waals surface area contributed by atoms with Crippen LogP contribution in [0.15, 0.2) is 27.3 Å². The van der Waals surface area contributed by atoms with Crippen LogP contribution < -0.4 is 20.7 Å². The maximum atomic E-state index is 13.0. The van der Waals surface area contributed by atoms with E-state index in [1.165, 1.54) is 40.8 Å². The molecule has 5 rings (SSSR count). The van der Waals surface area contributed by atoms with Crippen molar-refractivity contribution in [2.45, 2.75) is 43.6 Å². The fourth-order valence-corrected chi connectivity index (χ4v) is 7.47. The Morgan fingerprint density at radius 1 is 1.37 bits per heavy atom. The van der Waals surface area contributed by atoms with Gasteiger partial charge in [-0.25, -0.2) is 4.98 Å². The molecule has 0 bridgehead atoms. The van der Waals surface area contributed by atoms with Crippen LogP contribution in [0.5, 0.6) is 0 Å². The number of hydrogen-bond acceptors (Lipinski definition) is 11. The summed E-state index contributed by atoms with van der Waals surface area (Å²) in [5.41, 5.74) is 9.54. The van der Waals surface area contributed by atoms with Crippen LogP contribution in [0.4, 0.5) is 5.13 Å². The molecule has 184 valence electrons. The van der Waals surface area contributed by atoms with Crippen molar-refractivity contribution in [3.05, 3.63) is 38.4 Å². The summed E-state index contributed by atoms with van der Waals surface area (Å²) in [6.45, 7) is 0.394. The second-order valence-corrected chi connectivity index (χ2v) is 11.2. The minimum atomic E-state index is -1.40. The summed E-state index contributed by atoms with van der Waals surface area (Å²) in [5.74, 6) is -2.17. The minimum absolute atomic E-state index is 0.106. The number of aryl methyl sites for hydroxylation is 1. The van der Waals surface area contributed by atoms with E-state index in [1.54, 1.807) is 16.7 Å². The first-order valence-corrected chi connectivity index (χ1v) is 13.7. The van der Waals surface area contributed by atoms with Gasteiger partial charge in [-0.3, -0.25) is 14.5 Å². The summed E-state index contributed by atoms with van der Waals surface area (Å²) in [5, 5.41) is 19.7. The summed E-state index contributed by atoms with van der Waals surface area (Å²) in [6, 6.07) is -0.914. The van der Waals surface area contributed by atoms with E-state index in [1.807, 2.05) is 5.51 Å². The number of nitrogens with two attached hydrogens (primary N) is 1. The number of aliphatic carboxylic acids is 1. The molecule has 2 amide bonds. The first kappa shape index (κ1) is 23.8. The normalized spacial score (nSPS) is 21.8. The highest BCUT2D eigenvalue weighted by Crippen LogP contribution is 2.40. The standard InChI is InChI=1S/C21H22N6O5S3/c1-32-25-14(11-8-34-21(22)23-11)17(28)24-15-18(29)27-16(20(30)31)10(7-33-19(15)27)6-26-9-35-13-5-3-2-4-12(13)26/h8-9,15,19H,2-7H2,1H3,(H3-,22,23,24,28,30,31)/b25-14-/t15-,19+/m1/s1. The number of fused-ring (bicyclic) bond motifs is 2. The van der Waals surface area contributed by atoms with E-state index in [4.69, 9.17) is 10.6 Å². The lowest BCUT2D eigenvalue weighted by atomic mass is 10.0. The van der Waals surface area contributed by atoms with E-state index in [-0.39, 0.29) is 22.2 Å². The summed E-state index contributed by atoms with van der Waals surface area (Å²) in [6.07, 6.45) is 4.29. The number of amides is 2. The van der Waals surface area contributed by atoms with Gasteiger partial charge in [0.1, 0.15) is 24.2 Å². The van der Waals surface area contributed by atoms with E-state index in [0.717, 1.165) is 30.6 Å². The fourth-order valence-electron chi connectivity index (χ4n) is 4.52. The van der Waals surface area contributed by atoms with E-state index in [2.05, 4.69) is 20.0 Å². The van der Waals surface area contributed by atoms with Gasteiger partial charge in [0.25, 0.3) is 11.8 Å². The van der Waals surface area contributed by atoms with Crippen LogP contribution in [0.1, 0.15) is 29.1 Å². The van der Waals surface area contributed by atoms with Gasteiger partial charge in [0, 0.05) is 23.1 Å². The molecule has 3 N–H and O–H groups in total. The van der Waals surface area contributed by atoms with Crippen LogP contribution in [-0.4, -0.2) is 57.7 Å². The molecule has 1 saturated heterocycles. The molecule has 0 radical (unpaired) electrons. The Labute approximate surface area is 212 Å². The van der Waals surface area contributed by atoms with Gasteiger partial charge in [-0.15, -0.1) is 23.1 Å². The summed E-state index contributed by atoms with van der Waals surface area (Å²) in [7, 11) is 1.29. The van der Waals surface area contributed by atoms with Gasteiger partial charge in [-0.05, 0) is 19.3 Å². The Kier molecular flexibility index (Phi) is 6.51. The van der Waals surface area contributed by atoms with Crippen molar-refractivity contribution in [3.8, 4) is 0 Å². The molecule has 11 nitrogen and oxygen atoms in total. The third-order valence-corrected chi connectivity index (χ3v) is 9.21. The number of nitrogens with one attached hydrogen (secondary N) is 1. The summed E-state index contributed by atoms with van der Waals surface area (Å²) in [4.78, 5) is 49.4. The molecule has 0 saturated carbocycles. The number of oxime groups is 1. The Bertz CT molecular complexity index is 1270. The molecule has 0 spiro atoms. The number of anilines is 1. The third kappa shape index (κ3) is 4.29. The van der Waals surface area contributed by atoms with Crippen LogP contribution in [0, 0.1) is 0 Å². The molecule has 14 heteroatoms. The van der Waals surface area contributed by atoms with Crippen molar-refractivity contribution in [2.75, 3.05) is 18.6 Å². The molecule has 2 aromatic rings. The van der Waals surface area contributed by atoms with Crippen molar-refractivity contribution in [1.82, 2.24) is 15.2 Å². The lowest BCUT2D eigenvalue weighted by molar-refractivity contribution is -0.692. The van der Waals surface area contributed by atoms with Crippen molar-refractivity contribution in [3.63, 3.8) is 0 Å². The first-order valence-electron chi connectivity index (χ1n) is 10.9. The van der Waals surface area contributed by atoms with Crippen molar-refractivity contribution >= 4 is 63.1 Å². The van der Waals surface area contributed by atoms with Crippen molar-refractivity contribution < 1.29 is 28.9 Å². The number of thioether (sulfide) groups is 1. The summed E-state index contributed by atoms with van der Waals surface area (Å²) < 4.78 is 2.09. The molecule has 2 aromatic heterocycles. The summed E-state index contributed by atoms with van der Waals surface area (Å²) >= 11 is 4.23.